The second-order valence-corrected chi connectivity index (χ2v) is 2.80. The molecule has 0 unspecified atom stereocenters. The van der Waals surface area contributed by atoms with E-state index in [0.717, 1.165) is 13.0 Å². The van der Waals surface area contributed by atoms with Crippen LogP contribution in [0.15, 0.2) is 4.99 Å². The average Bonchev–Trinajstić information content (AvgIpc) is 1.89. The molecule has 0 atom stereocenters. The zero-order valence-electron chi connectivity index (χ0n) is 5.54. The van der Waals surface area contributed by atoms with Crippen LogP contribution in [-0.4, -0.2) is 30.1 Å². The van der Waals surface area contributed by atoms with Crippen molar-refractivity contribution >= 4 is 35.6 Å². The van der Waals surface area contributed by atoms with Crippen molar-refractivity contribution in [1.82, 2.24) is 0 Å². The van der Waals surface area contributed by atoms with Crippen LogP contribution >= 0.6 is 24.0 Å². The highest BCUT2D eigenvalue weighted by molar-refractivity contribution is 7.98. The molecule has 0 radical (unpaired) electrons. The minimum Gasteiger partial charge on any atom is -0.292 e. The fourth-order valence-electron chi connectivity index (χ4n) is 0.418. The highest BCUT2D eigenvalue weighted by Crippen LogP contribution is 1.94. The van der Waals surface area contributed by atoms with Gasteiger partial charge in [0.15, 0.2) is 0 Å². The second kappa shape index (κ2) is 8.11. The van der Waals surface area contributed by atoms with Crippen molar-refractivity contribution < 1.29 is 0 Å². The van der Waals surface area contributed by atoms with Crippen molar-refractivity contribution in [3.63, 3.8) is 0 Å². The molecule has 0 bridgehead atoms. The SMILES string of the molecule is CSCCCN=CC=S. The summed E-state index contributed by atoms with van der Waals surface area (Å²) < 4.78 is 0. The third kappa shape index (κ3) is 8.11. The smallest absolute Gasteiger partial charge is 0.0397 e. The summed E-state index contributed by atoms with van der Waals surface area (Å²) in [6, 6.07) is 0. The van der Waals surface area contributed by atoms with Gasteiger partial charge in [0.2, 0.25) is 0 Å². The predicted octanol–water partition coefficient (Wildman–Crippen LogP) is 1.81. The van der Waals surface area contributed by atoms with Gasteiger partial charge in [-0.15, -0.1) is 0 Å². The molecule has 3 heteroatoms. The third-order valence-electron chi connectivity index (χ3n) is 0.802. The molecule has 0 saturated heterocycles. The Hall–Kier alpha value is 0.110. The van der Waals surface area contributed by atoms with Gasteiger partial charge in [0.1, 0.15) is 0 Å². The molecule has 0 aromatic heterocycles. The predicted molar refractivity (Wildman–Crippen MR) is 50.0 cm³/mol. The normalized spacial score (nSPS) is 10.3. The molecule has 0 aromatic rings. The monoisotopic (exact) mass is 161 g/mol. The molecule has 0 saturated carbocycles. The van der Waals surface area contributed by atoms with E-state index in [1.165, 1.54) is 5.75 Å². The molecule has 0 aromatic carbocycles. The minimum atomic E-state index is 0.911. The molecule has 0 rings (SSSR count). The van der Waals surface area contributed by atoms with E-state index in [-0.39, 0.29) is 0 Å². The molecule has 0 heterocycles. The molecule has 0 fully saturated rings. The highest BCUT2D eigenvalue weighted by Gasteiger charge is 1.79. The first-order chi connectivity index (χ1) is 4.41. The largest absolute Gasteiger partial charge is 0.292 e. The Balaban J connectivity index is 2.90. The maximum Gasteiger partial charge on any atom is 0.0397 e. The summed E-state index contributed by atoms with van der Waals surface area (Å²) >= 11 is 6.40. The first-order valence-electron chi connectivity index (χ1n) is 2.84. The van der Waals surface area contributed by atoms with E-state index < -0.39 is 0 Å². The highest BCUT2D eigenvalue weighted by atomic mass is 32.2. The average molecular weight is 161 g/mol. The number of rotatable bonds is 5. The van der Waals surface area contributed by atoms with Crippen LogP contribution in [0.25, 0.3) is 0 Å². The van der Waals surface area contributed by atoms with Crippen molar-refractivity contribution in [2.24, 2.45) is 4.99 Å². The van der Waals surface area contributed by atoms with E-state index in [1.807, 2.05) is 11.8 Å². The van der Waals surface area contributed by atoms with Gasteiger partial charge in [0.25, 0.3) is 0 Å². The lowest BCUT2D eigenvalue weighted by molar-refractivity contribution is 0.951. The van der Waals surface area contributed by atoms with Crippen molar-refractivity contribution in [3.8, 4) is 0 Å². The van der Waals surface area contributed by atoms with E-state index in [1.54, 1.807) is 11.6 Å². The summed E-state index contributed by atoms with van der Waals surface area (Å²) in [7, 11) is 0. The molecule has 0 aliphatic carbocycles. The first kappa shape index (κ1) is 9.11. The third-order valence-corrected chi connectivity index (χ3v) is 1.62. The van der Waals surface area contributed by atoms with Crippen molar-refractivity contribution in [3.05, 3.63) is 0 Å². The van der Waals surface area contributed by atoms with Gasteiger partial charge in [-0.25, -0.2) is 0 Å². The van der Waals surface area contributed by atoms with Crippen LogP contribution in [0, 0.1) is 0 Å². The molecule has 52 valence electrons. The van der Waals surface area contributed by atoms with E-state index in [4.69, 9.17) is 0 Å². The fourth-order valence-corrected chi connectivity index (χ4v) is 0.922. The molecule has 0 amide bonds. The van der Waals surface area contributed by atoms with Crippen molar-refractivity contribution in [1.29, 1.82) is 0 Å². The summed E-state index contributed by atoms with van der Waals surface area (Å²) in [5.41, 5.74) is 0. The van der Waals surface area contributed by atoms with E-state index >= 15 is 0 Å². The van der Waals surface area contributed by atoms with E-state index in [9.17, 15) is 0 Å². The minimum absolute atomic E-state index is 0.911. The number of aliphatic imine (C=N–C) groups is 1. The Labute approximate surface area is 65.9 Å². The quantitative estimate of drug-likeness (QED) is 0.346. The number of thiocarbonyl (C=S) groups is 1. The molecule has 9 heavy (non-hydrogen) atoms. The molecule has 1 nitrogen and oxygen atoms in total. The maximum atomic E-state index is 4.55. The molecular formula is C6H11NS2. The van der Waals surface area contributed by atoms with E-state index in [0.29, 0.717) is 0 Å². The zero-order chi connectivity index (χ0) is 6.95. The summed E-state index contributed by atoms with van der Waals surface area (Å²) in [6.45, 7) is 0.911. The molecule has 0 N–H and O–H groups in total. The molecule has 0 aliphatic rings. The Morgan fingerprint density at radius 1 is 1.67 bits per heavy atom. The topological polar surface area (TPSA) is 12.4 Å². The van der Waals surface area contributed by atoms with Crippen LogP contribution in [0.5, 0.6) is 0 Å². The molecular weight excluding hydrogens is 150 g/mol. The Bertz CT molecular complexity index is 91.1. The number of hydrogen-bond donors (Lipinski definition) is 0. The Morgan fingerprint density at radius 3 is 3.00 bits per heavy atom. The lowest BCUT2D eigenvalue weighted by Gasteiger charge is -1.89. The number of nitrogens with zero attached hydrogens (tertiary/aromatic N) is 1. The van der Waals surface area contributed by atoms with Gasteiger partial charge < -0.3 is 0 Å². The van der Waals surface area contributed by atoms with Crippen LogP contribution in [-0.2, 0) is 0 Å². The van der Waals surface area contributed by atoms with Crippen LogP contribution in [0.2, 0.25) is 0 Å². The van der Waals surface area contributed by atoms with Gasteiger partial charge in [0.05, 0.1) is 0 Å². The summed E-state index contributed by atoms with van der Waals surface area (Å²) in [4.78, 5) is 4.03. The lowest BCUT2D eigenvalue weighted by Crippen LogP contribution is -1.84. The van der Waals surface area contributed by atoms with Gasteiger partial charge >= 0.3 is 0 Å². The van der Waals surface area contributed by atoms with Crippen molar-refractivity contribution in [2.75, 3.05) is 18.6 Å². The Kier molecular flexibility index (Phi) is 8.21. The molecule has 0 spiro atoms. The summed E-state index contributed by atoms with van der Waals surface area (Å²) in [5.74, 6) is 1.19. The standard InChI is InChI=1S/C6H11NS2/c1-9-6-2-3-7-4-5-8/h4-5H,2-3,6H2,1H3. The number of hydrogen-bond acceptors (Lipinski definition) is 3. The van der Waals surface area contributed by atoms with Gasteiger partial charge in [-0.2, -0.15) is 11.8 Å². The van der Waals surface area contributed by atoms with Gasteiger partial charge in [-0.05, 0) is 18.4 Å². The Morgan fingerprint density at radius 2 is 2.44 bits per heavy atom. The summed E-state index contributed by atoms with van der Waals surface area (Å²) in [5, 5.41) is 1.54. The number of thioether (sulfide) groups is 1. The van der Waals surface area contributed by atoms with Gasteiger partial charge in [-0.1, -0.05) is 12.2 Å². The van der Waals surface area contributed by atoms with Crippen LogP contribution < -0.4 is 0 Å². The van der Waals surface area contributed by atoms with E-state index in [2.05, 4.69) is 23.5 Å². The maximum absolute atomic E-state index is 4.55. The van der Waals surface area contributed by atoms with Crippen LogP contribution in [0.3, 0.4) is 0 Å². The van der Waals surface area contributed by atoms with Gasteiger partial charge in [-0.3, -0.25) is 4.99 Å². The van der Waals surface area contributed by atoms with Crippen LogP contribution in [0.1, 0.15) is 6.42 Å². The van der Waals surface area contributed by atoms with Crippen LogP contribution in [0.4, 0.5) is 0 Å². The fraction of sp³-hybridized carbons (Fsp3) is 0.667. The van der Waals surface area contributed by atoms with Gasteiger partial charge in [0, 0.05) is 18.1 Å². The lowest BCUT2D eigenvalue weighted by atomic mass is 10.5. The first-order valence-corrected chi connectivity index (χ1v) is 4.71. The van der Waals surface area contributed by atoms with Crippen molar-refractivity contribution in [2.45, 2.75) is 6.42 Å². The zero-order valence-corrected chi connectivity index (χ0v) is 7.17. The summed E-state index contributed by atoms with van der Waals surface area (Å²) in [6.07, 6.45) is 4.93. The second-order valence-electron chi connectivity index (χ2n) is 1.54. The molecule has 0 aliphatic heterocycles.